The minimum Gasteiger partial charge on any atom is -0.0603 e. The van der Waals surface area contributed by atoms with Crippen molar-refractivity contribution >= 4 is 5.57 Å². The maximum Gasteiger partial charge on any atom is 0.138 e. The largest absolute Gasteiger partial charge is 0.138 e. The van der Waals surface area contributed by atoms with Gasteiger partial charge in [0.1, 0.15) is 11.1 Å². The third kappa shape index (κ3) is 3.34. The van der Waals surface area contributed by atoms with E-state index in [1.165, 1.54) is 55.6 Å². The predicted molar refractivity (Wildman–Crippen MR) is 113 cm³/mol. The van der Waals surface area contributed by atoms with Gasteiger partial charge >= 0.3 is 0 Å². The van der Waals surface area contributed by atoms with Crippen LogP contribution in [0.2, 0.25) is 0 Å². The number of hydrogen-bond acceptors (Lipinski definition) is 0. The lowest BCUT2D eigenvalue weighted by molar-refractivity contribution is 1.27. The molecule has 0 saturated carbocycles. The van der Waals surface area contributed by atoms with E-state index in [1.807, 2.05) is 0 Å². The summed E-state index contributed by atoms with van der Waals surface area (Å²) >= 11 is 0. The van der Waals surface area contributed by atoms with Crippen LogP contribution in [0, 0.1) is 47.6 Å². The first-order valence-electron chi connectivity index (χ1n) is 9.23. The summed E-state index contributed by atoms with van der Waals surface area (Å²) in [6.45, 7) is 13.1. The zero-order valence-corrected chi connectivity index (χ0v) is 16.7. The maximum atomic E-state index is 3.83. The molecule has 0 nitrogen and oxygen atoms in total. The molecule has 0 aliphatic carbocycles. The molecule has 0 heterocycles. The smallest absolute Gasteiger partial charge is 0.0603 e. The van der Waals surface area contributed by atoms with Gasteiger partial charge in [-0.05, 0) is 82.0 Å². The molecule has 3 rings (SSSR count). The van der Waals surface area contributed by atoms with Crippen molar-refractivity contribution in [2.45, 2.75) is 41.5 Å². The monoisotopic (exact) mass is 339 g/mol. The third-order valence-corrected chi connectivity index (χ3v) is 5.19. The first-order valence-corrected chi connectivity index (χ1v) is 9.23. The van der Waals surface area contributed by atoms with Crippen molar-refractivity contribution < 1.29 is 0 Å². The molecule has 0 N–H and O–H groups in total. The zero-order chi connectivity index (χ0) is 18.8. The highest BCUT2D eigenvalue weighted by Gasteiger charge is 2.23. The fourth-order valence-electron chi connectivity index (χ4n) is 3.80. The lowest BCUT2D eigenvalue weighted by Gasteiger charge is -2.13. The van der Waals surface area contributed by atoms with Gasteiger partial charge in [0.2, 0.25) is 0 Å². The van der Waals surface area contributed by atoms with E-state index in [9.17, 15) is 0 Å². The van der Waals surface area contributed by atoms with Crippen molar-refractivity contribution in [1.29, 1.82) is 0 Å². The van der Waals surface area contributed by atoms with Crippen molar-refractivity contribution in [2.24, 2.45) is 0 Å². The molecule has 0 heteroatoms. The molecule has 0 amide bonds. The van der Waals surface area contributed by atoms with Crippen LogP contribution in [0.4, 0.5) is 0 Å². The first kappa shape index (κ1) is 18.1. The van der Waals surface area contributed by atoms with E-state index in [-0.39, 0.29) is 0 Å². The molecule has 3 aromatic carbocycles. The molecule has 0 aliphatic heterocycles. The lowest BCUT2D eigenvalue weighted by atomic mass is 9.84. The summed E-state index contributed by atoms with van der Waals surface area (Å²) in [5.41, 5.74) is 12.7. The van der Waals surface area contributed by atoms with Gasteiger partial charge in [-0.2, -0.15) is 0 Å². The van der Waals surface area contributed by atoms with Gasteiger partial charge in [0.15, 0.2) is 0 Å². The van der Waals surface area contributed by atoms with Crippen LogP contribution in [0.15, 0.2) is 54.6 Å². The van der Waals surface area contributed by atoms with E-state index in [1.54, 1.807) is 0 Å². The molecule has 130 valence electrons. The second kappa shape index (κ2) is 7.28. The van der Waals surface area contributed by atoms with Gasteiger partial charge in [-0.25, -0.2) is 0 Å². The molecule has 0 aromatic heterocycles. The van der Waals surface area contributed by atoms with Crippen LogP contribution in [0.3, 0.4) is 0 Å². The molecule has 0 unspecified atom stereocenters. The highest BCUT2D eigenvalue weighted by molar-refractivity contribution is 5.86. The summed E-state index contributed by atoms with van der Waals surface area (Å²) in [4.78, 5) is 0. The molecule has 0 fully saturated rings. The fourth-order valence-corrected chi connectivity index (χ4v) is 3.80. The van der Waals surface area contributed by atoms with Gasteiger partial charge in [-0.15, -0.1) is 0 Å². The van der Waals surface area contributed by atoms with Crippen LogP contribution in [0.25, 0.3) is 5.57 Å². The second-order valence-electron chi connectivity index (χ2n) is 7.30. The molecule has 26 heavy (non-hydrogen) atoms. The van der Waals surface area contributed by atoms with Crippen molar-refractivity contribution in [3.63, 3.8) is 0 Å². The van der Waals surface area contributed by atoms with Crippen LogP contribution in [0.5, 0.6) is 0 Å². The van der Waals surface area contributed by atoms with Crippen LogP contribution in [-0.2, 0) is 0 Å². The summed E-state index contributed by atoms with van der Waals surface area (Å²) in [6, 6.07) is 19.5. The van der Waals surface area contributed by atoms with Gasteiger partial charge in [-0.3, -0.25) is 0 Å². The quantitative estimate of drug-likeness (QED) is 0.363. The minimum atomic E-state index is 1.20. The van der Waals surface area contributed by atoms with Gasteiger partial charge < -0.3 is 0 Å². The summed E-state index contributed by atoms with van der Waals surface area (Å²) in [6.07, 6.45) is 3.83. The molecule has 0 atom stereocenters. The van der Waals surface area contributed by atoms with E-state index >= 15 is 0 Å². The average molecular weight is 340 g/mol. The highest BCUT2D eigenvalue weighted by atomic mass is 14.2. The molecule has 0 spiro atoms. The van der Waals surface area contributed by atoms with Crippen molar-refractivity contribution in [2.75, 3.05) is 0 Å². The van der Waals surface area contributed by atoms with E-state index < -0.39 is 0 Å². The summed E-state index contributed by atoms with van der Waals surface area (Å²) in [7, 11) is 0. The summed E-state index contributed by atoms with van der Waals surface area (Å²) < 4.78 is 0. The van der Waals surface area contributed by atoms with Crippen LogP contribution < -0.4 is 0 Å². The summed E-state index contributed by atoms with van der Waals surface area (Å²) in [5, 5.41) is 0. The number of rotatable bonds is 3. The van der Waals surface area contributed by atoms with Crippen molar-refractivity contribution in [3.05, 3.63) is 111 Å². The maximum absolute atomic E-state index is 3.83. The Balaban J connectivity index is 2.40. The van der Waals surface area contributed by atoms with Crippen molar-refractivity contribution in [3.8, 4) is 0 Å². The Labute approximate surface area is 158 Å². The van der Waals surface area contributed by atoms with E-state index in [0.29, 0.717) is 0 Å². The molecule has 0 saturated heterocycles. The van der Waals surface area contributed by atoms with Gasteiger partial charge in [0.05, 0.1) is 11.1 Å². The molecule has 3 aromatic rings. The Morgan fingerprint density at radius 2 is 0.808 bits per heavy atom. The Kier molecular flexibility index (Phi) is 5.07. The molecule has 0 radical (unpaired) electrons. The van der Waals surface area contributed by atoms with Gasteiger partial charge in [0.25, 0.3) is 0 Å². The average Bonchev–Trinajstić information content (AvgIpc) is 2.57. The number of aryl methyl sites for hydroxylation is 6. The van der Waals surface area contributed by atoms with Crippen LogP contribution in [0.1, 0.15) is 50.1 Å². The minimum absolute atomic E-state index is 1.20. The fraction of sp³-hybridized carbons (Fsp3) is 0.231. The van der Waals surface area contributed by atoms with Gasteiger partial charge in [-0.1, -0.05) is 36.4 Å². The number of benzene rings is 3. The van der Waals surface area contributed by atoms with E-state index in [2.05, 4.69) is 102 Å². The van der Waals surface area contributed by atoms with Crippen LogP contribution in [-0.4, -0.2) is 0 Å². The molecular formula is C26H27+. The lowest BCUT2D eigenvalue weighted by Crippen LogP contribution is -2.01. The topological polar surface area (TPSA) is 0 Å². The molecule has 0 aliphatic rings. The third-order valence-electron chi connectivity index (χ3n) is 5.19. The second-order valence-corrected chi connectivity index (χ2v) is 7.30. The van der Waals surface area contributed by atoms with Crippen molar-refractivity contribution in [1.82, 2.24) is 0 Å². The highest BCUT2D eigenvalue weighted by Crippen LogP contribution is 2.34. The summed E-state index contributed by atoms with van der Waals surface area (Å²) in [5.74, 6) is 0. The standard InChI is InChI=1S/C26H27/c1-17-10-7-11-18(2)23(17)16-24(25-19(3)12-8-13-20(25)4)26-21(5)14-9-15-22(26)6/h7-15H,1-6H3/q+1. The van der Waals surface area contributed by atoms with Crippen LogP contribution >= 0.6 is 0 Å². The molecular weight excluding hydrogens is 312 g/mol. The number of hydrogen-bond donors (Lipinski definition) is 0. The Hall–Kier alpha value is -2.69. The Morgan fingerprint density at radius 1 is 0.500 bits per heavy atom. The first-order chi connectivity index (χ1) is 12.4. The van der Waals surface area contributed by atoms with Gasteiger partial charge in [0, 0.05) is 17.2 Å². The molecule has 0 bridgehead atoms. The normalized spacial score (nSPS) is 10.5. The zero-order valence-electron chi connectivity index (χ0n) is 16.7. The SMILES string of the molecule is Cc1cccc(C)c1[C+]=C(c1c(C)cccc1C)c1c(C)cccc1C. The Bertz CT molecular complexity index is 873. The predicted octanol–water partition coefficient (Wildman–Crippen LogP) is 6.82. The van der Waals surface area contributed by atoms with E-state index in [0.717, 1.165) is 0 Å². The Morgan fingerprint density at radius 3 is 1.15 bits per heavy atom. The van der Waals surface area contributed by atoms with E-state index in [4.69, 9.17) is 0 Å².